The van der Waals surface area contributed by atoms with E-state index in [4.69, 9.17) is 5.11 Å². The van der Waals surface area contributed by atoms with Gasteiger partial charge < -0.3 is 15.7 Å². The van der Waals surface area contributed by atoms with Gasteiger partial charge in [0.1, 0.15) is 6.04 Å². The summed E-state index contributed by atoms with van der Waals surface area (Å²) >= 11 is 1.78. The third-order valence-corrected chi connectivity index (χ3v) is 5.45. The van der Waals surface area contributed by atoms with Crippen LogP contribution in [0.5, 0.6) is 0 Å². The molecule has 0 aromatic carbocycles. The average Bonchev–Trinajstić information content (AvgIpc) is 2.34. The van der Waals surface area contributed by atoms with Crippen LogP contribution in [0.25, 0.3) is 0 Å². The Bertz CT molecular complexity index is 326. The number of carbonyl (C=O) groups excluding carboxylic acids is 1. The summed E-state index contributed by atoms with van der Waals surface area (Å²) in [5.41, 5.74) is 0. The lowest BCUT2D eigenvalue weighted by Crippen LogP contribution is -2.53. The van der Waals surface area contributed by atoms with Crippen LogP contribution < -0.4 is 10.6 Å². The molecule has 0 aromatic rings. The zero-order valence-corrected chi connectivity index (χ0v) is 12.7. The van der Waals surface area contributed by atoms with E-state index in [1.807, 2.05) is 13.8 Å². The molecule has 0 aromatic heterocycles. The second-order valence-corrected chi connectivity index (χ2v) is 6.54. The van der Waals surface area contributed by atoms with Crippen LogP contribution in [-0.2, 0) is 4.79 Å². The smallest absolute Gasteiger partial charge is 0.326 e. The molecule has 0 heterocycles. The zero-order chi connectivity index (χ0) is 14.5. The van der Waals surface area contributed by atoms with E-state index in [0.29, 0.717) is 13.0 Å². The SMILES string of the molecule is CCC(C)[C@H](NC(=O)NCC1(SC)CCC1)C(=O)O. The van der Waals surface area contributed by atoms with Crippen molar-refractivity contribution in [3.63, 3.8) is 0 Å². The number of carboxylic acids is 1. The van der Waals surface area contributed by atoms with Gasteiger partial charge in [0.05, 0.1) is 0 Å². The van der Waals surface area contributed by atoms with Crippen molar-refractivity contribution in [3.05, 3.63) is 0 Å². The molecule has 5 nitrogen and oxygen atoms in total. The van der Waals surface area contributed by atoms with Crippen LogP contribution in [0.4, 0.5) is 4.79 Å². The van der Waals surface area contributed by atoms with Gasteiger partial charge >= 0.3 is 12.0 Å². The molecule has 0 saturated heterocycles. The predicted molar refractivity (Wildman–Crippen MR) is 77.5 cm³/mol. The Balaban J connectivity index is 2.42. The standard InChI is InChI=1S/C13H24N2O3S/c1-4-9(2)10(11(16)17)15-12(18)14-8-13(19-3)6-5-7-13/h9-10H,4-8H2,1-3H3,(H,16,17)(H2,14,15,18)/t9?,10-/m0/s1. The fourth-order valence-electron chi connectivity index (χ4n) is 2.14. The number of hydrogen-bond acceptors (Lipinski definition) is 3. The topological polar surface area (TPSA) is 78.4 Å². The summed E-state index contributed by atoms with van der Waals surface area (Å²) in [6.07, 6.45) is 6.20. The number of carbonyl (C=O) groups is 2. The van der Waals surface area contributed by atoms with Gasteiger partial charge in [0, 0.05) is 11.3 Å². The normalized spacial score (nSPS) is 19.9. The van der Waals surface area contributed by atoms with Crippen LogP contribution >= 0.6 is 11.8 Å². The van der Waals surface area contributed by atoms with Crippen molar-refractivity contribution in [2.24, 2.45) is 5.92 Å². The van der Waals surface area contributed by atoms with Crippen LogP contribution in [0.1, 0.15) is 39.5 Å². The van der Waals surface area contributed by atoms with Gasteiger partial charge in [-0.1, -0.05) is 26.7 Å². The first-order valence-electron chi connectivity index (χ1n) is 6.76. The van der Waals surface area contributed by atoms with Crippen LogP contribution in [0, 0.1) is 5.92 Å². The molecular weight excluding hydrogens is 264 g/mol. The molecule has 1 unspecified atom stereocenters. The summed E-state index contributed by atoms with van der Waals surface area (Å²) < 4.78 is 0.159. The lowest BCUT2D eigenvalue weighted by molar-refractivity contribution is -0.140. The summed E-state index contributed by atoms with van der Waals surface area (Å²) in [5.74, 6) is -1.06. The van der Waals surface area contributed by atoms with Crippen molar-refractivity contribution in [2.75, 3.05) is 12.8 Å². The van der Waals surface area contributed by atoms with E-state index in [0.717, 1.165) is 12.8 Å². The molecule has 0 radical (unpaired) electrons. The second-order valence-electron chi connectivity index (χ2n) is 5.27. The van der Waals surface area contributed by atoms with Crippen molar-refractivity contribution in [3.8, 4) is 0 Å². The van der Waals surface area contributed by atoms with Crippen molar-refractivity contribution in [1.29, 1.82) is 0 Å². The Morgan fingerprint density at radius 1 is 1.42 bits per heavy atom. The number of aliphatic carboxylic acids is 1. The Morgan fingerprint density at radius 3 is 2.42 bits per heavy atom. The summed E-state index contributed by atoms with van der Waals surface area (Å²) in [7, 11) is 0. The van der Waals surface area contributed by atoms with Gasteiger partial charge in [-0.2, -0.15) is 11.8 Å². The molecule has 3 N–H and O–H groups in total. The quantitative estimate of drug-likeness (QED) is 0.670. The molecule has 110 valence electrons. The third-order valence-electron chi connectivity index (χ3n) is 4.03. The van der Waals surface area contributed by atoms with Gasteiger partial charge in [0.2, 0.25) is 0 Å². The summed E-state index contributed by atoms with van der Waals surface area (Å²) in [6.45, 7) is 4.35. The number of hydrogen-bond donors (Lipinski definition) is 3. The molecule has 2 atom stereocenters. The summed E-state index contributed by atoms with van der Waals surface area (Å²) in [6, 6.07) is -1.20. The number of thioether (sulfide) groups is 1. The van der Waals surface area contributed by atoms with Gasteiger partial charge in [0.25, 0.3) is 0 Å². The van der Waals surface area contributed by atoms with Gasteiger partial charge in [0.15, 0.2) is 0 Å². The molecular formula is C13H24N2O3S. The minimum Gasteiger partial charge on any atom is -0.480 e. The highest BCUT2D eigenvalue weighted by molar-refractivity contribution is 8.00. The molecule has 1 saturated carbocycles. The maximum absolute atomic E-state index is 11.8. The number of carboxylic acid groups (broad SMARTS) is 1. The summed E-state index contributed by atoms with van der Waals surface area (Å²) in [5, 5.41) is 14.5. The maximum Gasteiger partial charge on any atom is 0.326 e. The molecule has 1 rings (SSSR count). The second kappa shape index (κ2) is 7.03. The first-order chi connectivity index (χ1) is 8.94. The molecule has 0 spiro atoms. The molecule has 1 fully saturated rings. The van der Waals surface area contributed by atoms with Gasteiger partial charge in [-0.25, -0.2) is 9.59 Å². The van der Waals surface area contributed by atoms with Crippen molar-refractivity contribution >= 4 is 23.8 Å². The molecule has 6 heteroatoms. The zero-order valence-electron chi connectivity index (χ0n) is 11.9. The number of rotatable bonds is 7. The van der Waals surface area contributed by atoms with E-state index >= 15 is 0 Å². The third kappa shape index (κ3) is 4.30. The van der Waals surface area contributed by atoms with Gasteiger partial charge in [-0.3, -0.25) is 0 Å². The van der Waals surface area contributed by atoms with Crippen LogP contribution in [0.3, 0.4) is 0 Å². The minimum absolute atomic E-state index is 0.0820. The molecule has 0 aliphatic heterocycles. The van der Waals surface area contributed by atoms with Crippen LogP contribution in [0.15, 0.2) is 0 Å². The fraction of sp³-hybridized carbons (Fsp3) is 0.846. The first kappa shape index (κ1) is 16.1. The van der Waals surface area contributed by atoms with Crippen LogP contribution in [-0.4, -0.2) is 40.7 Å². The maximum atomic E-state index is 11.8. The lowest BCUT2D eigenvalue weighted by Gasteiger charge is -2.40. The highest BCUT2D eigenvalue weighted by Crippen LogP contribution is 2.42. The highest BCUT2D eigenvalue weighted by Gasteiger charge is 2.36. The Kier molecular flexibility index (Phi) is 5.97. The molecule has 2 amide bonds. The fourth-order valence-corrected chi connectivity index (χ4v) is 3.05. The predicted octanol–water partition coefficient (Wildman–Crippen LogP) is 2.07. The van der Waals surface area contributed by atoms with Crippen LogP contribution in [0.2, 0.25) is 0 Å². The van der Waals surface area contributed by atoms with E-state index in [2.05, 4.69) is 16.9 Å². The number of urea groups is 1. The van der Waals surface area contributed by atoms with Crippen molar-refractivity contribution < 1.29 is 14.7 Å². The Labute approximate surface area is 118 Å². The van der Waals surface area contributed by atoms with E-state index in [9.17, 15) is 9.59 Å². The van der Waals surface area contributed by atoms with Crippen molar-refractivity contribution in [2.45, 2.75) is 50.3 Å². The van der Waals surface area contributed by atoms with Gasteiger partial charge in [-0.15, -0.1) is 0 Å². The first-order valence-corrected chi connectivity index (χ1v) is 7.99. The van der Waals surface area contributed by atoms with Crippen molar-refractivity contribution in [1.82, 2.24) is 10.6 Å². The monoisotopic (exact) mass is 288 g/mol. The van der Waals surface area contributed by atoms with E-state index in [1.165, 1.54) is 6.42 Å². The van der Waals surface area contributed by atoms with Gasteiger partial charge in [-0.05, 0) is 25.0 Å². The lowest BCUT2D eigenvalue weighted by atomic mass is 9.84. The molecule has 1 aliphatic carbocycles. The van der Waals surface area contributed by atoms with E-state index in [-0.39, 0.29) is 16.7 Å². The number of amides is 2. The average molecular weight is 288 g/mol. The van der Waals surface area contributed by atoms with E-state index in [1.54, 1.807) is 11.8 Å². The highest BCUT2D eigenvalue weighted by atomic mass is 32.2. The van der Waals surface area contributed by atoms with E-state index < -0.39 is 12.0 Å². The number of nitrogens with one attached hydrogen (secondary N) is 2. The molecule has 1 aliphatic rings. The minimum atomic E-state index is -0.979. The molecule has 0 bridgehead atoms. The Morgan fingerprint density at radius 2 is 2.05 bits per heavy atom. The summed E-state index contributed by atoms with van der Waals surface area (Å²) in [4.78, 5) is 22.9. The Hall–Kier alpha value is -0.910. The largest absolute Gasteiger partial charge is 0.480 e. The molecule has 19 heavy (non-hydrogen) atoms.